The quantitative estimate of drug-likeness (QED) is 0.487. The maximum absolute atomic E-state index is 12.1. The van der Waals surface area contributed by atoms with Gasteiger partial charge in [-0.25, -0.2) is 0 Å². The van der Waals surface area contributed by atoms with E-state index >= 15 is 0 Å². The summed E-state index contributed by atoms with van der Waals surface area (Å²) in [4.78, 5) is 12.1. The molecule has 0 radical (unpaired) electrons. The smallest absolute Gasteiger partial charge is 0.203 e. The number of carbonyl (C=O) groups is 1. The largest absolute Gasteiger partial charge is 0.496 e. The molecule has 0 heterocycles. The Kier molecular flexibility index (Phi) is 8.93. The van der Waals surface area contributed by atoms with E-state index in [9.17, 15) is 4.79 Å². The highest BCUT2D eigenvalue weighted by molar-refractivity contribution is 5.78. The highest BCUT2D eigenvalue weighted by Gasteiger charge is 2.14. The number of rotatable bonds is 13. The molecule has 0 spiro atoms. The second kappa shape index (κ2) is 11.6. The van der Waals surface area contributed by atoms with Gasteiger partial charge in [0.2, 0.25) is 5.75 Å². The molecule has 8 nitrogen and oxygen atoms in total. The average Bonchev–Trinajstić information content (AvgIpc) is 2.77. The van der Waals surface area contributed by atoms with Gasteiger partial charge in [-0.15, -0.1) is 0 Å². The molecule has 0 unspecified atom stereocenters. The minimum Gasteiger partial charge on any atom is -0.496 e. The lowest BCUT2D eigenvalue weighted by Gasteiger charge is -2.14. The molecule has 164 valence electrons. The number of Topliss-reactive ketones (excluding diaryl/α,β-unsaturated/α-hetero) is 1. The van der Waals surface area contributed by atoms with Crippen molar-refractivity contribution >= 4 is 5.78 Å². The monoisotopic (exact) mass is 420 g/mol. The maximum Gasteiger partial charge on any atom is 0.203 e. The van der Waals surface area contributed by atoms with Crippen LogP contribution in [0.5, 0.6) is 40.2 Å². The molecule has 8 heteroatoms. The molecule has 0 saturated heterocycles. The topological polar surface area (TPSA) is 81.7 Å². The number of carbonyl (C=O) groups excluding carboxylic acids is 1. The van der Waals surface area contributed by atoms with Crippen molar-refractivity contribution in [1.29, 1.82) is 0 Å². The van der Waals surface area contributed by atoms with E-state index in [0.717, 1.165) is 0 Å². The minimum atomic E-state index is 0.0253. The third-order valence-corrected chi connectivity index (χ3v) is 4.26. The first-order valence-corrected chi connectivity index (χ1v) is 9.35. The molecule has 0 aliphatic carbocycles. The molecule has 0 aromatic heterocycles. The summed E-state index contributed by atoms with van der Waals surface area (Å²) in [7, 11) is 7.72. The maximum atomic E-state index is 12.1. The fourth-order valence-electron chi connectivity index (χ4n) is 2.70. The Morgan fingerprint density at radius 3 is 1.43 bits per heavy atom. The molecule has 2 aromatic rings. The fraction of sp³-hybridized carbons (Fsp3) is 0.409. The highest BCUT2D eigenvalue weighted by atomic mass is 16.5. The molecule has 2 rings (SSSR count). The molecular formula is C22H28O8. The van der Waals surface area contributed by atoms with Crippen LogP contribution in [0.3, 0.4) is 0 Å². The van der Waals surface area contributed by atoms with Gasteiger partial charge in [0.1, 0.15) is 28.8 Å². The molecule has 0 fully saturated rings. The molecule has 0 amide bonds. The van der Waals surface area contributed by atoms with Crippen LogP contribution in [0.4, 0.5) is 0 Å². The summed E-state index contributed by atoms with van der Waals surface area (Å²) in [5, 5.41) is 0. The van der Waals surface area contributed by atoms with E-state index < -0.39 is 0 Å². The van der Waals surface area contributed by atoms with Gasteiger partial charge in [-0.05, 0) is 0 Å². The molecule has 0 bridgehead atoms. The van der Waals surface area contributed by atoms with Crippen LogP contribution in [0.2, 0.25) is 0 Å². The van der Waals surface area contributed by atoms with Crippen LogP contribution < -0.4 is 33.2 Å². The first-order chi connectivity index (χ1) is 14.5. The van der Waals surface area contributed by atoms with Gasteiger partial charge >= 0.3 is 0 Å². The van der Waals surface area contributed by atoms with Crippen LogP contribution in [0.1, 0.15) is 12.8 Å². The van der Waals surface area contributed by atoms with E-state index in [1.165, 1.54) is 21.3 Å². The first kappa shape index (κ1) is 23.0. The summed E-state index contributed by atoms with van der Waals surface area (Å²) >= 11 is 0. The predicted molar refractivity (Wildman–Crippen MR) is 111 cm³/mol. The second-order valence-corrected chi connectivity index (χ2v) is 6.15. The lowest BCUT2D eigenvalue weighted by atomic mass is 10.2. The van der Waals surface area contributed by atoms with Crippen LogP contribution >= 0.6 is 0 Å². The molecule has 0 saturated carbocycles. The molecule has 0 aliphatic heterocycles. The number of methoxy groups -OCH3 is 5. The average molecular weight is 420 g/mol. The van der Waals surface area contributed by atoms with Crippen molar-refractivity contribution < 1.29 is 38.0 Å². The van der Waals surface area contributed by atoms with Crippen molar-refractivity contribution in [2.24, 2.45) is 0 Å². The standard InChI is InChI=1S/C22H28O8/c1-24-16-10-17(25-2)12-18(11-16)29-8-6-15(23)7-9-30-19-13-20(26-3)22(28-5)21(14-19)27-4/h10-14H,6-9H2,1-5H3. The number of hydrogen-bond donors (Lipinski definition) is 0. The van der Waals surface area contributed by atoms with Crippen LogP contribution in [-0.2, 0) is 4.79 Å². The number of ketones is 1. The fourth-order valence-corrected chi connectivity index (χ4v) is 2.70. The lowest BCUT2D eigenvalue weighted by Crippen LogP contribution is -2.10. The number of ether oxygens (including phenoxy) is 7. The van der Waals surface area contributed by atoms with E-state index in [1.807, 2.05) is 0 Å². The Morgan fingerprint density at radius 1 is 0.600 bits per heavy atom. The normalized spacial score (nSPS) is 10.2. The van der Waals surface area contributed by atoms with Crippen LogP contribution in [0.15, 0.2) is 30.3 Å². The van der Waals surface area contributed by atoms with Gasteiger partial charge in [0.15, 0.2) is 11.5 Å². The van der Waals surface area contributed by atoms with Crippen molar-refractivity contribution in [3.63, 3.8) is 0 Å². The highest BCUT2D eigenvalue weighted by Crippen LogP contribution is 2.40. The summed E-state index contributed by atoms with van der Waals surface area (Å²) in [6.45, 7) is 0.476. The van der Waals surface area contributed by atoms with Crippen molar-refractivity contribution in [2.45, 2.75) is 12.8 Å². The van der Waals surface area contributed by atoms with Gasteiger partial charge in [0.05, 0.1) is 48.8 Å². The van der Waals surface area contributed by atoms with E-state index in [-0.39, 0.29) is 31.8 Å². The Hall–Kier alpha value is -3.29. The first-order valence-electron chi connectivity index (χ1n) is 9.35. The summed E-state index contributed by atoms with van der Waals surface area (Å²) in [6.07, 6.45) is 0.513. The van der Waals surface area contributed by atoms with Crippen molar-refractivity contribution in [1.82, 2.24) is 0 Å². The zero-order chi connectivity index (χ0) is 21.9. The van der Waals surface area contributed by atoms with E-state index in [4.69, 9.17) is 33.2 Å². The third-order valence-electron chi connectivity index (χ3n) is 4.26. The van der Waals surface area contributed by atoms with Crippen molar-refractivity contribution in [3.8, 4) is 40.2 Å². The molecular weight excluding hydrogens is 392 g/mol. The van der Waals surface area contributed by atoms with Gasteiger partial charge in [0, 0.05) is 43.2 Å². The zero-order valence-electron chi connectivity index (χ0n) is 18.0. The molecule has 0 aliphatic rings. The van der Waals surface area contributed by atoms with Crippen LogP contribution in [-0.4, -0.2) is 54.5 Å². The molecule has 2 aromatic carbocycles. The van der Waals surface area contributed by atoms with Crippen molar-refractivity contribution in [2.75, 3.05) is 48.8 Å². The summed E-state index contributed by atoms with van der Waals surface area (Å²) in [6, 6.07) is 8.59. The van der Waals surface area contributed by atoms with Gasteiger partial charge in [-0.1, -0.05) is 0 Å². The molecule has 30 heavy (non-hydrogen) atoms. The Morgan fingerprint density at radius 2 is 1.03 bits per heavy atom. The number of hydrogen-bond acceptors (Lipinski definition) is 8. The van der Waals surface area contributed by atoms with Crippen LogP contribution in [0, 0.1) is 0 Å². The van der Waals surface area contributed by atoms with Gasteiger partial charge < -0.3 is 33.2 Å². The summed E-state index contributed by atoms with van der Waals surface area (Å²) in [5.74, 6) is 3.82. The Labute approximate surface area is 176 Å². The van der Waals surface area contributed by atoms with E-state index in [2.05, 4.69) is 0 Å². The Balaban J connectivity index is 1.82. The number of benzene rings is 2. The molecule has 0 N–H and O–H groups in total. The van der Waals surface area contributed by atoms with Gasteiger partial charge in [-0.2, -0.15) is 0 Å². The summed E-state index contributed by atoms with van der Waals surface area (Å²) in [5.41, 5.74) is 0. The van der Waals surface area contributed by atoms with Crippen LogP contribution in [0.25, 0.3) is 0 Å². The third kappa shape index (κ3) is 6.37. The zero-order valence-corrected chi connectivity index (χ0v) is 18.0. The Bertz CT molecular complexity index is 787. The predicted octanol–water partition coefficient (Wildman–Crippen LogP) is 3.54. The lowest BCUT2D eigenvalue weighted by molar-refractivity contribution is -0.120. The van der Waals surface area contributed by atoms with Gasteiger partial charge in [-0.3, -0.25) is 4.79 Å². The SMILES string of the molecule is COc1cc(OC)cc(OCCC(=O)CCOc2cc(OC)c(OC)c(OC)c2)c1. The van der Waals surface area contributed by atoms with Gasteiger partial charge in [0.25, 0.3) is 0 Å². The molecule has 0 atom stereocenters. The van der Waals surface area contributed by atoms with E-state index in [0.29, 0.717) is 40.2 Å². The second-order valence-electron chi connectivity index (χ2n) is 6.15. The van der Waals surface area contributed by atoms with E-state index in [1.54, 1.807) is 44.6 Å². The summed E-state index contributed by atoms with van der Waals surface area (Å²) < 4.78 is 37.6. The van der Waals surface area contributed by atoms with Crippen molar-refractivity contribution in [3.05, 3.63) is 30.3 Å². The minimum absolute atomic E-state index is 0.0253.